The molecule has 0 saturated carbocycles. The Morgan fingerprint density at radius 2 is 1.26 bits per heavy atom. The number of carbonyl (C=O) groups is 1. The van der Waals surface area contributed by atoms with E-state index in [-0.39, 0.29) is 34.1 Å². The first-order valence-electron chi connectivity index (χ1n) is 14.0. The molecule has 0 saturated heterocycles. The van der Waals surface area contributed by atoms with E-state index in [9.17, 15) is 4.79 Å². The van der Waals surface area contributed by atoms with Crippen LogP contribution < -0.4 is 10.4 Å². The van der Waals surface area contributed by atoms with Crippen LogP contribution in [0.4, 0.5) is 0 Å². The van der Waals surface area contributed by atoms with Crippen molar-refractivity contribution < 1.29 is 18.4 Å². The fourth-order valence-electron chi connectivity index (χ4n) is 4.93. The molecule has 0 heterocycles. The Kier molecular flexibility index (Phi) is 11.3. The Balaban J connectivity index is 2.37. The second-order valence-electron chi connectivity index (χ2n) is 13.4. The standard InChI is InChI=1S/C32H52O4Si2/c1-25(23-33)30(36-37(10,11)31(3,4)5)22-29(34-9)26(2)24-35-38(32(6,7)8,27-18-14-12-15-19-27)28-20-16-13-17-21-28/h12-21,23,25-26,29-30H,22,24H2,1-11H3/t25-,26-,29+,30+/m0/s1. The van der Waals surface area contributed by atoms with Crippen molar-refractivity contribution in [3.8, 4) is 0 Å². The zero-order chi connectivity index (χ0) is 28.8. The zero-order valence-electron chi connectivity index (χ0n) is 25.7. The lowest BCUT2D eigenvalue weighted by molar-refractivity contribution is -0.114. The second-order valence-corrected chi connectivity index (χ2v) is 22.4. The third-order valence-electron chi connectivity index (χ3n) is 8.43. The van der Waals surface area contributed by atoms with Gasteiger partial charge in [0.1, 0.15) is 6.29 Å². The molecule has 0 aliphatic heterocycles. The molecule has 2 aromatic carbocycles. The van der Waals surface area contributed by atoms with Gasteiger partial charge in [-0.25, -0.2) is 0 Å². The molecule has 0 unspecified atom stereocenters. The lowest BCUT2D eigenvalue weighted by Crippen LogP contribution is -2.67. The van der Waals surface area contributed by atoms with Gasteiger partial charge in [-0.3, -0.25) is 0 Å². The first-order valence-corrected chi connectivity index (χ1v) is 18.8. The Bertz CT molecular complexity index is 941. The molecular weight excluding hydrogens is 505 g/mol. The number of benzene rings is 2. The van der Waals surface area contributed by atoms with Crippen LogP contribution in [0.25, 0.3) is 0 Å². The van der Waals surface area contributed by atoms with E-state index in [2.05, 4.69) is 122 Å². The quantitative estimate of drug-likeness (QED) is 0.200. The molecule has 0 aliphatic carbocycles. The van der Waals surface area contributed by atoms with Crippen LogP contribution in [-0.2, 0) is 18.4 Å². The highest BCUT2D eigenvalue weighted by atomic mass is 28.4. The van der Waals surface area contributed by atoms with Crippen LogP contribution in [0.3, 0.4) is 0 Å². The van der Waals surface area contributed by atoms with Gasteiger partial charge in [0, 0.05) is 25.6 Å². The van der Waals surface area contributed by atoms with Crippen molar-refractivity contribution in [1.29, 1.82) is 0 Å². The van der Waals surface area contributed by atoms with E-state index in [4.69, 9.17) is 13.6 Å². The predicted octanol–water partition coefficient (Wildman–Crippen LogP) is 6.83. The van der Waals surface area contributed by atoms with Crippen molar-refractivity contribution in [2.75, 3.05) is 13.7 Å². The molecule has 2 rings (SSSR count). The van der Waals surface area contributed by atoms with Gasteiger partial charge in [0.2, 0.25) is 0 Å². The molecule has 0 radical (unpaired) electrons. The van der Waals surface area contributed by atoms with Crippen molar-refractivity contribution in [3.05, 3.63) is 60.7 Å². The van der Waals surface area contributed by atoms with Gasteiger partial charge in [0.05, 0.1) is 12.2 Å². The fraction of sp³-hybridized carbons (Fsp3) is 0.594. The Morgan fingerprint density at radius 3 is 1.63 bits per heavy atom. The minimum Gasteiger partial charge on any atom is -0.413 e. The molecule has 38 heavy (non-hydrogen) atoms. The number of methoxy groups -OCH3 is 1. The summed E-state index contributed by atoms with van der Waals surface area (Å²) in [6.07, 6.45) is 1.40. The van der Waals surface area contributed by atoms with Crippen LogP contribution in [0.1, 0.15) is 61.8 Å². The van der Waals surface area contributed by atoms with Crippen molar-refractivity contribution in [2.45, 2.75) is 97.2 Å². The highest BCUT2D eigenvalue weighted by Gasteiger charge is 2.50. The average Bonchev–Trinajstić information content (AvgIpc) is 2.86. The summed E-state index contributed by atoms with van der Waals surface area (Å²) in [7, 11) is -2.94. The zero-order valence-corrected chi connectivity index (χ0v) is 27.7. The van der Waals surface area contributed by atoms with Crippen molar-refractivity contribution in [3.63, 3.8) is 0 Å². The molecule has 212 valence electrons. The van der Waals surface area contributed by atoms with Gasteiger partial charge in [-0.1, -0.05) is 116 Å². The monoisotopic (exact) mass is 556 g/mol. The Labute approximate surface area is 234 Å². The number of hydrogen-bond donors (Lipinski definition) is 0. The van der Waals surface area contributed by atoms with E-state index in [1.165, 1.54) is 10.4 Å². The average molecular weight is 557 g/mol. The molecule has 0 aromatic heterocycles. The molecule has 0 amide bonds. The third-order valence-corrected chi connectivity index (χ3v) is 17.9. The maximum Gasteiger partial charge on any atom is 0.261 e. The van der Waals surface area contributed by atoms with Gasteiger partial charge in [0.15, 0.2) is 8.32 Å². The largest absolute Gasteiger partial charge is 0.413 e. The second kappa shape index (κ2) is 13.2. The van der Waals surface area contributed by atoms with Crippen LogP contribution in [0.5, 0.6) is 0 Å². The van der Waals surface area contributed by atoms with Gasteiger partial charge in [-0.15, -0.1) is 0 Å². The highest BCUT2D eigenvalue weighted by molar-refractivity contribution is 6.99. The molecule has 6 heteroatoms. The molecule has 0 N–H and O–H groups in total. The Morgan fingerprint density at radius 1 is 0.789 bits per heavy atom. The van der Waals surface area contributed by atoms with E-state index in [1.807, 2.05) is 6.92 Å². The van der Waals surface area contributed by atoms with Gasteiger partial charge < -0.3 is 18.4 Å². The number of ether oxygens (including phenoxy) is 1. The first-order chi connectivity index (χ1) is 17.6. The number of aldehydes is 1. The summed E-state index contributed by atoms with van der Waals surface area (Å²) >= 11 is 0. The van der Waals surface area contributed by atoms with Crippen molar-refractivity contribution >= 4 is 33.3 Å². The van der Waals surface area contributed by atoms with Gasteiger partial charge in [-0.05, 0) is 40.0 Å². The lowest BCUT2D eigenvalue weighted by Gasteiger charge is -2.44. The molecule has 0 bridgehead atoms. The molecule has 4 atom stereocenters. The van der Waals surface area contributed by atoms with Gasteiger partial charge in [0.25, 0.3) is 8.32 Å². The van der Waals surface area contributed by atoms with Gasteiger partial charge >= 0.3 is 0 Å². The molecular formula is C32H52O4Si2. The number of hydrogen-bond acceptors (Lipinski definition) is 4. The van der Waals surface area contributed by atoms with E-state index in [1.54, 1.807) is 7.11 Å². The van der Waals surface area contributed by atoms with Crippen molar-refractivity contribution in [2.24, 2.45) is 11.8 Å². The summed E-state index contributed by atoms with van der Waals surface area (Å²) < 4.78 is 20.0. The van der Waals surface area contributed by atoms with Crippen LogP contribution in [0, 0.1) is 11.8 Å². The normalized spacial score (nSPS) is 16.5. The van der Waals surface area contributed by atoms with Crippen LogP contribution in [0.15, 0.2) is 60.7 Å². The molecule has 2 aromatic rings. The maximum absolute atomic E-state index is 11.9. The topological polar surface area (TPSA) is 44.8 Å². The summed E-state index contributed by atoms with van der Waals surface area (Å²) in [4.78, 5) is 11.9. The number of rotatable bonds is 13. The first kappa shape index (κ1) is 32.6. The van der Waals surface area contributed by atoms with E-state index in [0.29, 0.717) is 13.0 Å². The summed E-state index contributed by atoms with van der Waals surface area (Å²) in [5, 5.41) is 2.52. The SMILES string of the molecule is CO[C@H](C[C@@H](O[Si](C)(C)C(C)(C)C)[C@@H](C)C=O)[C@@H](C)CO[Si](c1ccccc1)(c1ccccc1)C(C)(C)C. The summed E-state index contributed by atoms with van der Waals surface area (Å²) in [6.45, 7) is 22.8. The summed E-state index contributed by atoms with van der Waals surface area (Å²) in [5.74, 6) is -0.0856. The van der Waals surface area contributed by atoms with E-state index >= 15 is 0 Å². The van der Waals surface area contributed by atoms with Gasteiger partial charge in [-0.2, -0.15) is 0 Å². The smallest absolute Gasteiger partial charge is 0.261 e. The summed E-state index contributed by atoms with van der Waals surface area (Å²) in [6, 6.07) is 21.5. The van der Waals surface area contributed by atoms with E-state index in [0.717, 1.165) is 6.29 Å². The molecule has 0 fully saturated rings. The van der Waals surface area contributed by atoms with Crippen LogP contribution >= 0.6 is 0 Å². The molecule has 4 nitrogen and oxygen atoms in total. The fourth-order valence-corrected chi connectivity index (χ4v) is 11.0. The maximum atomic E-state index is 11.9. The lowest BCUT2D eigenvalue weighted by atomic mass is 9.94. The van der Waals surface area contributed by atoms with Crippen LogP contribution in [0.2, 0.25) is 23.2 Å². The van der Waals surface area contributed by atoms with E-state index < -0.39 is 16.6 Å². The molecule has 0 aliphatic rings. The van der Waals surface area contributed by atoms with Crippen LogP contribution in [-0.4, -0.2) is 48.8 Å². The Hall–Kier alpha value is -1.58. The predicted molar refractivity (Wildman–Crippen MR) is 165 cm³/mol. The third kappa shape index (κ3) is 7.54. The highest BCUT2D eigenvalue weighted by Crippen LogP contribution is 2.40. The minimum absolute atomic E-state index is 0.0639. The number of carbonyl (C=O) groups excluding carboxylic acids is 1. The molecule has 0 spiro atoms. The summed E-state index contributed by atoms with van der Waals surface area (Å²) in [5.41, 5.74) is 0. The minimum atomic E-state index is -2.64. The van der Waals surface area contributed by atoms with Crippen molar-refractivity contribution in [1.82, 2.24) is 0 Å².